The summed E-state index contributed by atoms with van der Waals surface area (Å²) in [6.07, 6.45) is -15.0. The predicted molar refractivity (Wildman–Crippen MR) is 66.9 cm³/mol. The molecule has 23 heavy (non-hydrogen) atoms. The number of halogens is 8. The summed E-state index contributed by atoms with van der Waals surface area (Å²) in [4.78, 5) is 0. The molecule has 0 aromatic rings. The molecular weight excluding hydrogens is 382 g/mol. The first kappa shape index (κ1) is 22.2. The van der Waals surface area contributed by atoms with Crippen molar-refractivity contribution in [1.29, 1.82) is 5.26 Å². The first-order valence-electron chi connectivity index (χ1n) is 5.72. The van der Waals surface area contributed by atoms with E-state index in [1.165, 1.54) is 0 Å². The van der Waals surface area contributed by atoms with Crippen LogP contribution in [-0.2, 0) is 9.84 Å². The van der Waals surface area contributed by atoms with Gasteiger partial charge in [-0.2, -0.15) is 53.0 Å². The minimum Gasteiger partial charge on any atom is -0.227 e. The summed E-state index contributed by atoms with van der Waals surface area (Å²) < 4.78 is 119. The van der Waals surface area contributed by atoms with Crippen LogP contribution in [0, 0.1) is 11.3 Å². The average molecular weight is 393 g/mol. The Morgan fingerprint density at radius 3 is 1.83 bits per heavy atom. The first-order chi connectivity index (χ1) is 9.90. The summed E-state index contributed by atoms with van der Waals surface area (Å²) in [5, 5.41) is 6.67. The van der Waals surface area contributed by atoms with Gasteiger partial charge < -0.3 is 0 Å². The maximum absolute atomic E-state index is 12.8. The second kappa shape index (κ2) is 6.62. The average Bonchev–Trinajstić information content (AvgIpc) is 2.31. The molecule has 0 aromatic carbocycles. The fourth-order valence-electron chi connectivity index (χ4n) is 1.38. The lowest BCUT2D eigenvalue weighted by Gasteiger charge is -2.29. The normalized spacial score (nSPS) is 18.1. The molecule has 0 rings (SSSR count). The van der Waals surface area contributed by atoms with E-state index in [4.69, 9.17) is 5.26 Å². The van der Waals surface area contributed by atoms with Crippen molar-refractivity contribution < 1.29 is 43.5 Å². The van der Waals surface area contributed by atoms with Crippen LogP contribution >= 0.6 is 12.6 Å². The van der Waals surface area contributed by atoms with Gasteiger partial charge in [0.25, 0.3) is 0 Å². The maximum Gasteiger partial charge on any atom is 0.453 e. The number of hydrogen-bond donors (Lipinski definition) is 1. The van der Waals surface area contributed by atoms with Crippen LogP contribution < -0.4 is 0 Å². The smallest absolute Gasteiger partial charge is 0.227 e. The Balaban J connectivity index is 5.42. The minimum atomic E-state index is -6.02. The van der Waals surface area contributed by atoms with E-state index in [-0.39, 0.29) is 0 Å². The third-order valence-electron chi connectivity index (χ3n) is 3.03. The Labute approximate surface area is 132 Å². The van der Waals surface area contributed by atoms with Crippen LogP contribution in [-0.4, -0.2) is 42.4 Å². The highest BCUT2D eigenvalue weighted by molar-refractivity contribution is 7.94. The summed E-state index contributed by atoms with van der Waals surface area (Å²) in [6.45, 7) is 0.497. The molecule has 0 aliphatic carbocycles. The van der Waals surface area contributed by atoms with Crippen molar-refractivity contribution in [2.75, 3.05) is 5.75 Å². The molecule has 0 bridgehead atoms. The summed E-state index contributed by atoms with van der Waals surface area (Å²) in [6, 6.07) is 1.03. The summed E-state index contributed by atoms with van der Waals surface area (Å²) in [7, 11) is -5.05. The zero-order valence-electron chi connectivity index (χ0n) is 11.3. The molecule has 0 saturated carbocycles. The summed E-state index contributed by atoms with van der Waals surface area (Å²) >= 11 is 3.37. The van der Waals surface area contributed by atoms with Gasteiger partial charge in [-0.3, -0.25) is 0 Å². The number of nitriles is 1. The van der Waals surface area contributed by atoms with Crippen LogP contribution in [0.5, 0.6) is 0 Å². The standard InChI is InChI=1S/C10H11F8NO2S2/c1-7(5-19,6(22)4-9(13,14)15)23(20,21)3-2-8(11,12)10(16,17)18/h6,22H,2-4H2,1H3. The van der Waals surface area contributed by atoms with Crippen molar-refractivity contribution in [2.45, 2.75) is 48.0 Å². The van der Waals surface area contributed by atoms with E-state index in [0.717, 1.165) is 6.07 Å². The lowest BCUT2D eigenvalue weighted by Crippen LogP contribution is -2.47. The second-order valence-corrected chi connectivity index (χ2v) is 7.93. The van der Waals surface area contributed by atoms with Crippen molar-refractivity contribution in [3.8, 4) is 6.07 Å². The Morgan fingerprint density at radius 2 is 1.52 bits per heavy atom. The molecule has 0 heterocycles. The van der Waals surface area contributed by atoms with E-state index in [2.05, 4.69) is 12.6 Å². The Kier molecular flexibility index (Phi) is 6.40. The summed E-state index contributed by atoms with van der Waals surface area (Å²) in [5.74, 6) is -7.18. The van der Waals surface area contributed by atoms with Crippen molar-refractivity contribution in [3.63, 3.8) is 0 Å². The quantitative estimate of drug-likeness (QED) is 0.555. The third kappa shape index (κ3) is 5.37. The minimum absolute atomic E-state index is 0.497. The van der Waals surface area contributed by atoms with Gasteiger partial charge in [0, 0.05) is 11.7 Å². The molecule has 13 heteroatoms. The number of thiol groups is 1. The molecule has 2 atom stereocenters. The lowest BCUT2D eigenvalue weighted by atomic mass is 10.1. The second-order valence-electron chi connectivity index (χ2n) is 4.83. The van der Waals surface area contributed by atoms with Gasteiger partial charge in [0.2, 0.25) is 0 Å². The molecule has 0 aliphatic heterocycles. The van der Waals surface area contributed by atoms with Gasteiger partial charge >= 0.3 is 18.3 Å². The predicted octanol–water partition coefficient (Wildman–Crippen LogP) is 3.52. The van der Waals surface area contributed by atoms with Crippen LogP contribution in [0.25, 0.3) is 0 Å². The highest BCUT2D eigenvalue weighted by atomic mass is 32.2. The molecule has 0 N–H and O–H groups in total. The molecule has 0 fully saturated rings. The first-order valence-corrected chi connectivity index (χ1v) is 7.89. The molecule has 0 aromatic heterocycles. The topological polar surface area (TPSA) is 57.9 Å². The van der Waals surface area contributed by atoms with Gasteiger partial charge in [-0.25, -0.2) is 8.42 Å². The van der Waals surface area contributed by atoms with Crippen molar-refractivity contribution >= 4 is 22.5 Å². The maximum atomic E-state index is 12.8. The number of nitrogens with zero attached hydrogens (tertiary/aromatic N) is 1. The van der Waals surface area contributed by atoms with E-state index in [1.807, 2.05) is 0 Å². The van der Waals surface area contributed by atoms with Crippen LogP contribution in [0.4, 0.5) is 35.1 Å². The van der Waals surface area contributed by atoms with Crippen LogP contribution in [0.3, 0.4) is 0 Å². The summed E-state index contributed by atoms with van der Waals surface area (Å²) in [5.41, 5.74) is 0. The highest BCUT2D eigenvalue weighted by Gasteiger charge is 2.58. The fourth-order valence-corrected chi connectivity index (χ4v) is 3.71. The van der Waals surface area contributed by atoms with E-state index >= 15 is 0 Å². The van der Waals surface area contributed by atoms with E-state index in [9.17, 15) is 43.5 Å². The van der Waals surface area contributed by atoms with Crippen LogP contribution in [0.15, 0.2) is 0 Å². The molecule has 0 radical (unpaired) electrons. The SMILES string of the molecule is CC(C#N)(C(S)CC(F)(F)F)S(=O)(=O)CCC(F)(F)C(F)(F)F. The van der Waals surface area contributed by atoms with Gasteiger partial charge in [-0.05, 0) is 6.92 Å². The number of hydrogen-bond acceptors (Lipinski definition) is 4. The molecular formula is C10H11F8NO2S2. The molecule has 136 valence electrons. The van der Waals surface area contributed by atoms with E-state index < -0.39 is 56.7 Å². The van der Waals surface area contributed by atoms with E-state index in [0.29, 0.717) is 6.92 Å². The zero-order valence-corrected chi connectivity index (χ0v) is 13.1. The van der Waals surface area contributed by atoms with Crippen LogP contribution in [0.1, 0.15) is 19.8 Å². The highest BCUT2D eigenvalue weighted by Crippen LogP contribution is 2.40. The largest absolute Gasteiger partial charge is 0.453 e. The van der Waals surface area contributed by atoms with Crippen molar-refractivity contribution in [2.24, 2.45) is 0 Å². The fraction of sp³-hybridized carbons (Fsp3) is 0.900. The molecule has 0 saturated heterocycles. The monoisotopic (exact) mass is 393 g/mol. The number of alkyl halides is 8. The molecule has 0 amide bonds. The van der Waals surface area contributed by atoms with Gasteiger partial charge in [-0.15, -0.1) is 0 Å². The third-order valence-corrected chi connectivity index (χ3v) is 6.31. The van der Waals surface area contributed by atoms with E-state index in [1.54, 1.807) is 0 Å². The van der Waals surface area contributed by atoms with Gasteiger partial charge in [0.05, 0.1) is 18.2 Å². The van der Waals surface area contributed by atoms with Crippen molar-refractivity contribution in [3.05, 3.63) is 0 Å². The number of rotatable bonds is 6. The molecule has 2 unspecified atom stereocenters. The number of sulfone groups is 1. The van der Waals surface area contributed by atoms with Gasteiger partial charge in [-0.1, -0.05) is 0 Å². The Morgan fingerprint density at radius 1 is 1.09 bits per heavy atom. The molecule has 0 aliphatic rings. The zero-order chi connectivity index (χ0) is 18.9. The van der Waals surface area contributed by atoms with Gasteiger partial charge in [0.15, 0.2) is 14.6 Å². The lowest BCUT2D eigenvalue weighted by molar-refractivity contribution is -0.282. The Bertz CT molecular complexity index is 563. The Hall–Kier alpha value is -0.770. The van der Waals surface area contributed by atoms with Gasteiger partial charge in [0.1, 0.15) is 0 Å². The molecule has 0 spiro atoms. The molecule has 3 nitrogen and oxygen atoms in total. The van der Waals surface area contributed by atoms with Crippen LogP contribution in [0.2, 0.25) is 0 Å². The van der Waals surface area contributed by atoms with Crippen molar-refractivity contribution in [1.82, 2.24) is 0 Å².